The van der Waals surface area contributed by atoms with Gasteiger partial charge in [0.25, 0.3) is 0 Å². The van der Waals surface area contributed by atoms with Crippen LogP contribution in [0.4, 0.5) is 18.9 Å². The van der Waals surface area contributed by atoms with Gasteiger partial charge in [-0.25, -0.2) is 13.2 Å². The van der Waals surface area contributed by atoms with Crippen molar-refractivity contribution in [1.29, 1.82) is 0 Å². The van der Waals surface area contributed by atoms with Gasteiger partial charge in [0.2, 0.25) is 0 Å². The van der Waals surface area contributed by atoms with Crippen LogP contribution in [0, 0.1) is 48.1 Å². The molecule has 0 heterocycles. The largest absolute Gasteiger partial charge is 0.206 e. The van der Waals surface area contributed by atoms with Gasteiger partial charge in [-0.1, -0.05) is 43.4 Å². The Bertz CT molecular complexity index is 1360. The van der Waals surface area contributed by atoms with Crippen LogP contribution in [0.1, 0.15) is 59.6 Å². The molecule has 34 heavy (non-hydrogen) atoms. The number of thiocarbonyl (C=S) groups is 1. The van der Waals surface area contributed by atoms with Crippen LogP contribution in [-0.4, -0.2) is 5.16 Å². The summed E-state index contributed by atoms with van der Waals surface area (Å²) in [6.45, 7) is 3.94. The van der Waals surface area contributed by atoms with Crippen molar-refractivity contribution in [3.8, 4) is 23.7 Å². The van der Waals surface area contributed by atoms with E-state index in [1.54, 1.807) is 24.3 Å². The first-order valence-electron chi connectivity index (χ1n) is 10.9. The fourth-order valence-corrected chi connectivity index (χ4v) is 3.45. The number of aryl methyl sites for hydroxylation is 2. The number of rotatable bonds is 5. The van der Waals surface area contributed by atoms with E-state index in [4.69, 9.17) is 0 Å². The van der Waals surface area contributed by atoms with E-state index in [2.05, 4.69) is 53.0 Å². The van der Waals surface area contributed by atoms with Gasteiger partial charge in [-0.05, 0) is 91.6 Å². The lowest BCUT2D eigenvalue weighted by molar-refractivity contribution is 0.572. The molecule has 170 valence electrons. The Morgan fingerprint density at radius 2 is 1.47 bits per heavy atom. The molecule has 0 spiro atoms. The maximum Gasteiger partial charge on any atom is 0.150 e. The lowest BCUT2D eigenvalue weighted by atomic mass is 10.0. The Balaban J connectivity index is 1.78. The minimum Gasteiger partial charge on any atom is -0.206 e. The van der Waals surface area contributed by atoms with Crippen molar-refractivity contribution >= 4 is 23.1 Å². The molecule has 0 N–H and O–H groups in total. The number of halogens is 3. The molecule has 0 atom stereocenters. The summed E-state index contributed by atoms with van der Waals surface area (Å²) in [5, 5.41) is 2.13. The summed E-state index contributed by atoms with van der Waals surface area (Å²) in [4.78, 5) is 3.64. The third kappa shape index (κ3) is 6.69. The molecule has 5 heteroatoms. The van der Waals surface area contributed by atoms with Crippen molar-refractivity contribution < 1.29 is 13.2 Å². The molecule has 0 aliphatic heterocycles. The van der Waals surface area contributed by atoms with Gasteiger partial charge in [0, 0.05) is 16.7 Å². The van der Waals surface area contributed by atoms with Gasteiger partial charge < -0.3 is 0 Å². The van der Waals surface area contributed by atoms with Gasteiger partial charge in [0.05, 0.1) is 10.7 Å². The minimum absolute atomic E-state index is 0.110. The first-order valence-corrected chi connectivity index (χ1v) is 11.3. The third-order valence-electron chi connectivity index (χ3n) is 5.18. The van der Waals surface area contributed by atoms with E-state index >= 15 is 0 Å². The molecule has 0 fully saturated rings. The van der Waals surface area contributed by atoms with Crippen molar-refractivity contribution in [2.75, 3.05) is 0 Å². The Morgan fingerprint density at radius 1 is 0.794 bits per heavy atom. The van der Waals surface area contributed by atoms with Crippen LogP contribution in [-0.2, 0) is 6.42 Å². The van der Waals surface area contributed by atoms with Crippen LogP contribution < -0.4 is 0 Å². The fraction of sp³-hybridized carbons (Fsp3) is 0.207. The predicted octanol–water partition coefficient (Wildman–Crippen LogP) is 7.68. The molecule has 3 aromatic rings. The first kappa shape index (κ1) is 25.0. The number of hydrogen-bond acceptors (Lipinski definition) is 2. The molecule has 1 nitrogen and oxygen atoms in total. The predicted molar refractivity (Wildman–Crippen MR) is 134 cm³/mol. The number of benzene rings is 3. The molecule has 0 radical (unpaired) electrons. The Kier molecular flexibility index (Phi) is 8.83. The second-order valence-corrected chi connectivity index (χ2v) is 7.97. The van der Waals surface area contributed by atoms with Crippen LogP contribution in [0.15, 0.2) is 53.5 Å². The highest BCUT2D eigenvalue weighted by Gasteiger charge is 2.09. The molecule has 0 aromatic heterocycles. The monoisotopic (exact) mass is 473 g/mol. The van der Waals surface area contributed by atoms with E-state index < -0.39 is 17.5 Å². The summed E-state index contributed by atoms with van der Waals surface area (Å²) in [5.41, 5.74) is 3.21. The van der Waals surface area contributed by atoms with Gasteiger partial charge in [-0.3, -0.25) is 0 Å². The van der Waals surface area contributed by atoms with Crippen LogP contribution >= 0.6 is 12.2 Å². The van der Waals surface area contributed by atoms with Gasteiger partial charge in [0.1, 0.15) is 17.3 Å². The topological polar surface area (TPSA) is 12.4 Å². The molecular weight excluding hydrogens is 451 g/mol. The molecule has 3 rings (SSSR count). The van der Waals surface area contributed by atoms with Crippen LogP contribution in [0.3, 0.4) is 0 Å². The number of isothiocyanates is 1. The second-order valence-electron chi connectivity index (χ2n) is 7.79. The minimum atomic E-state index is -0.646. The Morgan fingerprint density at radius 3 is 2.12 bits per heavy atom. The molecule has 0 saturated heterocycles. The van der Waals surface area contributed by atoms with Gasteiger partial charge in [-0.2, -0.15) is 4.99 Å². The summed E-state index contributed by atoms with van der Waals surface area (Å²) >= 11 is 4.49. The fourth-order valence-electron chi connectivity index (χ4n) is 3.35. The van der Waals surface area contributed by atoms with Gasteiger partial charge in [-0.15, -0.1) is 0 Å². The number of nitrogens with zero attached hydrogens (tertiary/aromatic N) is 1. The molecule has 0 bridgehead atoms. The Hall–Kier alpha value is -3.63. The SMILES string of the molecule is CCCCCc1cc(F)c(C#Cc2ccc(C#Cc3ccc(N=C=S)c(F)c3)c(C)c2)c(F)c1. The van der Waals surface area contributed by atoms with E-state index in [0.717, 1.165) is 30.4 Å². The van der Waals surface area contributed by atoms with E-state index in [9.17, 15) is 13.2 Å². The van der Waals surface area contributed by atoms with Crippen LogP contribution in [0.2, 0.25) is 0 Å². The van der Waals surface area contributed by atoms with Gasteiger partial charge >= 0.3 is 0 Å². The third-order valence-corrected chi connectivity index (χ3v) is 5.28. The number of hydrogen-bond donors (Lipinski definition) is 0. The average Bonchev–Trinajstić information content (AvgIpc) is 2.80. The smallest absolute Gasteiger partial charge is 0.150 e. The summed E-state index contributed by atoms with van der Waals surface area (Å²) in [6.07, 6.45) is 3.62. The number of unbranched alkanes of at least 4 members (excludes halogenated alkanes) is 2. The maximum absolute atomic E-state index is 14.4. The molecule has 3 aromatic carbocycles. The maximum atomic E-state index is 14.4. The standard InChI is InChI=1S/C29H22F3NS/c1-3-4-5-6-23-17-26(30)25(27(31)18-23)13-9-21-7-11-24(20(2)15-21)12-8-22-10-14-29(33-19-34)28(32)16-22/h7,10-11,14-18H,3-6H2,1-2H3. The van der Waals surface area contributed by atoms with E-state index in [-0.39, 0.29) is 11.3 Å². The van der Waals surface area contributed by atoms with Crippen molar-refractivity contribution in [3.05, 3.63) is 99.4 Å². The van der Waals surface area contributed by atoms with Crippen LogP contribution in [0.25, 0.3) is 0 Å². The molecule has 0 aliphatic carbocycles. The summed E-state index contributed by atoms with van der Waals surface area (Å²) < 4.78 is 42.8. The molecule has 0 amide bonds. The Labute approximate surface area is 203 Å². The van der Waals surface area contributed by atoms with E-state index in [0.29, 0.717) is 23.1 Å². The second kappa shape index (κ2) is 12.0. The lowest BCUT2D eigenvalue weighted by Gasteiger charge is -2.04. The lowest BCUT2D eigenvalue weighted by Crippen LogP contribution is -1.95. The quantitative estimate of drug-likeness (QED) is 0.160. The van der Waals surface area contributed by atoms with Crippen molar-refractivity contribution in [2.24, 2.45) is 4.99 Å². The van der Waals surface area contributed by atoms with Crippen molar-refractivity contribution in [3.63, 3.8) is 0 Å². The normalized spacial score (nSPS) is 9.91. The van der Waals surface area contributed by atoms with E-state index in [1.807, 2.05) is 6.92 Å². The summed E-state index contributed by atoms with van der Waals surface area (Å²) in [7, 11) is 0. The van der Waals surface area contributed by atoms with Crippen LogP contribution in [0.5, 0.6) is 0 Å². The summed E-state index contributed by atoms with van der Waals surface area (Å²) in [6, 6.07) is 12.5. The molecule has 0 saturated carbocycles. The zero-order valence-corrected chi connectivity index (χ0v) is 19.8. The van der Waals surface area contributed by atoms with Crippen molar-refractivity contribution in [2.45, 2.75) is 39.5 Å². The molecular formula is C29H22F3NS. The van der Waals surface area contributed by atoms with Gasteiger partial charge in [0.15, 0.2) is 5.82 Å². The molecule has 0 unspecified atom stereocenters. The summed E-state index contributed by atoms with van der Waals surface area (Å²) in [5.74, 6) is 9.55. The highest BCUT2D eigenvalue weighted by atomic mass is 32.1. The highest BCUT2D eigenvalue weighted by molar-refractivity contribution is 7.78. The highest BCUT2D eigenvalue weighted by Crippen LogP contribution is 2.19. The number of aliphatic imine (C=N–C) groups is 1. The first-order chi connectivity index (χ1) is 16.4. The zero-order valence-electron chi connectivity index (χ0n) is 18.9. The van der Waals surface area contributed by atoms with Crippen molar-refractivity contribution in [1.82, 2.24) is 0 Å². The average molecular weight is 474 g/mol. The molecule has 0 aliphatic rings. The van der Waals surface area contributed by atoms with E-state index in [1.165, 1.54) is 24.3 Å². The zero-order chi connectivity index (χ0) is 24.5.